The Balaban J connectivity index is 1.26. The number of aromatic nitrogens is 2. The molecular weight excluding hydrogens is 430 g/mol. The van der Waals surface area contributed by atoms with Crippen molar-refractivity contribution in [3.8, 4) is 0 Å². The van der Waals surface area contributed by atoms with Crippen LogP contribution in [-0.2, 0) is 16.1 Å². The minimum atomic E-state index is -0.783. The van der Waals surface area contributed by atoms with Crippen LogP contribution in [0.4, 0.5) is 4.79 Å². The Kier molecular flexibility index (Phi) is 6.53. The van der Waals surface area contributed by atoms with Crippen LogP contribution in [0, 0.1) is 12.8 Å². The number of rotatable bonds is 7. The highest BCUT2D eigenvalue weighted by atomic mass is 16.5. The standard InChI is InChI=1S/C26H35N5O3/c1-3-12-26(24(32)31(25(33)29-26)16-20-7-6-15-34-20)19-10-13-30(14-11-19)17-23-18(2)27-21-8-4-5-9-22(21)28-23/h4-5,8-9,19-20H,3,6-7,10-17H2,1-2H3,(H,29,33)/t20-,26-/m1/s1. The molecule has 3 fully saturated rings. The van der Waals surface area contributed by atoms with E-state index in [0.717, 1.165) is 74.2 Å². The van der Waals surface area contributed by atoms with Gasteiger partial charge in [-0.1, -0.05) is 25.5 Å². The highest BCUT2D eigenvalue weighted by Gasteiger charge is 2.55. The Morgan fingerprint density at radius 1 is 1.12 bits per heavy atom. The van der Waals surface area contributed by atoms with E-state index in [0.29, 0.717) is 19.6 Å². The first-order chi connectivity index (χ1) is 16.5. The summed E-state index contributed by atoms with van der Waals surface area (Å²) in [6, 6.07) is 7.72. The van der Waals surface area contributed by atoms with Gasteiger partial charge in [0, 0.05) is 13.2 Å². The molecule has 8 nitrogen and oxygen atoms in total. The number of hydrogen-bond acceptors (Lipinski definition) is 6. The van der Waals surface area contributed by atoms with Gasteiger partial charge in [-0.2, -0.15) is 0 Å². The predicted molar refractivity (Wildman–Crippen MR) is 129 cm³/mol. The van der Waals surface area contributed by atoms with Crippen LogP contribution in [-0.4, -0.2) is 69.6 Å². The van der Waals surface area contributed by atoms with Crippen LogP contribution >= 0.6 is 0 Å². The molecule has 1 N–H and O–H groups in total. The maximum atomic E-state index is 13.6. The van der Waals surface area contributed by atoms with Crippen LogP contribution in [0.1, 0.15) is 56.8 Å². The quantitative estimate of drug-likeness (QED) is 0.631. The number of ether oxygens (including phenoxy) is 1. The van der Waals surface area contributed by atoms with Crippen molar-refractivity contribution in [2.75, 3.05) is 26.2 Å². The molecule has 0 spiro atoms. The van der Waals surface area contributed by atoms with E-state index < -0.39 is 5.54 Å². The van der Waals surface area contributed by atoms with Crippen LogP contribution in [0.25, 0.3) is 11.0 Å². The second kappa shape index (κ2) is 9.58. The third kappa shape index (κ3) is 4.29. The number of nitrogens with one attached hydrogen (secondary N) is 1. The van der Waals surface area contributed by atoms with E-state index in [-0.39, 0.29) is 24.0 Å². The summed E-state index contributed by atoms with van der Waals surface area (Å²) >= 11 is 0. The average Bonchev–Trinajstić information content (AvgIpc) is 3.43. The third-order valence-electron chi connectivity index (χ3n) is 7.76. The number of carbonyl (C=O) groups excluding carboxylic acids is 2. The SMILES string of the molecule is CCC[C@]1(C2CCN(Cc3nc4ccccc4nc3C)CC2)NC(=O)N(C[C@H]2CCCO2)C1=O. The van der Waals surface area contributed by atoms with Crippen molar-refractivity contribution >= 4 is 23.0 Å². The number of amides is 3. The van der Waals surface area contributed by atoms with E-state index in [4.69, 9.17) is 14.7 Å². The number of carbonyl (C=O) groups is 2. The summed E-state index contributed by atoms with van der Waals surface area (Å²) in [5, 5.41) is 3.15. The van der Waals surface area contributed by atoms with Gasteiger partial charge in [-0.05, 0) is 70.2 Å². The van der Waals surface area contributed by atoms with Gasteiger partial charge in [0.05, 0.1) is 35.1 Å². The maximum absolute atomic E-state index is 13.6. The Hall–Kier alpha value is -2.58. The van der Waals surface area contributed by atoms with E-state index in [1.54, 1.807) is 0 Å². The molecule has 2 atom stereocenters. The molecule has 182 valence electrons. The number of hydrogen-bond donors (Lipinski definition) is 1. The lowest BCUT2D eigenvalue weighted by Crippen LogP contribution is -2.56. The molecule has 3 saturated heterocycles. The number of imide groups is 1. The first-order valence-electron chi connectivity index (χ1n) is 12.7. The molecule has 0 radical (unpaired) electrons. The van der Waals surface area contributed by atoms with E-state index in [1.807, 2.05) is 31.2 Å². The van der Waals surface area contributed by atoms with E-state index >= 15 is 0 Å². The molecule has 0 saturated carbocycles. The summed E-state index contributed by atoms with van der Waals surface area (Å²) in [7, 11) is 0. The van der Waals surface area contributed by atoms with Gasteiger partial charge in [-0.25, -0.2) is 14.8 Å². The number of aryl methyl sites for hydroxylation is 1. The number of benzene rings is 1. The molecule has 8 heteroatoms. The number of para-hydroxylation sites is 2. The molecule has 1 aromatic heterocycles. The summed E-state index contributed by atoms with van der Waals surface area (Å²) in [5.41, 5.74) is 3.03. The monoisotopic (exact) mass is 465 g/mol. The van der Waals surface area contributed by atoms with Crippen molar-refractivity contribution in [3.63, 3.8) is 0 Å². The molecule has 3 aliphatic heterocycles. The zero-order chi connectivity index (χ0) is 23.7. The summed E-state index contributed by atoms with van der Waals surface area (Å²) in [5.74, 6) is 0.0861. The van der Waals surface area contributed by atoms with Crippen molar-refractivity contribution in [1.29, 1.82) is 0 Å². The van der Waals surface area contributed by atoms with Crippen LogP contribution in [0.2, 0.25) is 0 Å². The Morgan fingerprint density at radius 2 is 1.85 bits per heavy atom. The molecule has 0 bridgehead atoms. The smallest absolute Gasteiger partial charge is 0.325 e. The fourth-order valence-corrected chi connectivity index (χ4v) is 5.92. The molecule has 0 unspecified atom stereocenters. The highest BCUT2D eigenvalue weighted by molar-refractivity contribution is 6.07. The molecule has 34 heavy (non-hydrogen) atoms. The summed E-state index contributed by atoms with van der Waals surface area (Å²) in [6.07, 6.45) is 5.16. The molecule has 0 aliphatic carbocycles. The van der Waals surface area contributed by atoms with Crippen LogP contribution in [0.5, 0.6) is 0 Å². The van der Waals surface area contributed by atoms with Gasteiger partial charge in [0.1, 0.15) is 5.54 Å². The van der Waals surface area contributed by atoms with Crippen molar-refractivity contribution in [2.45, 2.75) is 70.6 Å². The predicted octanol–water partition coefficient (Wildman–Crippen LogP) is 3.42. The fraction of sp³-hybridized carbons (Fsp3) is 0.615. The van der Waals surface area contributed by atoms with Crippen LogP contribution in [0.3, 0.4) is 0 Å². The second-order valence-electron chi connectivity index (χ2n) is 10.00. The normalized spacial score (nSPS) is 26.5. The zero-order valence-electron chi connectivity index (χ0n) is 20.3. The van der Waals surface area contributed by atoms with Gasteiger partial charge in [-0.3, -0.25) is 14.6 Å². The Bertz CT molecular complexity index is 1060. The highest BCUT2D eigenvalue weighted by Crippen LogP contribution is 2.37. The minimum absolute atomic E-state index is 0.0275. The molecule has 3 amide bonds. The number of nitrogens with zero attached hydrogens (tertiary/aromatic N) is 4. The summed E-state index contributed by atoms with van der Waals surface area (Å²) < 4.78 is 5.70. The van der Waals surface area contributed by atoms with Gasteiger partial charge in [-0.15, -0.1) is 0 Å². The van der Waals surface area contributed by atoms with Gasteiger partial charge in [0.15, 0.2) is 0 Å². The number of piperidine rings is 1. The molecule has 3 aliphatic rings. The lowest BCUT2D eigenvalue weighted by Gasteiger charge is -2.41. The maximum Gasteiger partial charge on any atom is 0.325 e. The van der Waals surface area contributed by atoms with Gasteiger partial charge >= 0.3 is 6.03 Å². The van der Waals surface area contributed by atoms with Gasteiger partial charge < -0.3 is 10.1 Å². The lowest BCUT2D eigenvalue weighted by atomic mass is 9.74. The largest absolute Gasteiger partial charge is 0.376 e. The average molecular weight is 466 g/mol. The molecule has 5 rings (SSSR count). The van der Waals surface area contributed by atoms with Crippen molar-refractivity contribution in [3.05, 3.63) is 35.7 Å². The van der Waals surface area contributed by atoms with Crippen molar-refractivity contribution < 1.29 is 14.3 Å². The third-order valence-corrected chi connectivity index (χ3v) is 7.76. The van der Waals surface area contributed by atoms with E-state index in [1.165, 1.54) is 4.90 Å². The summed E-state index contributed by atoms with van der Waals surface area (Å²) in [4.78, 5) is 39.9. The molecular formula is C26H35N5O3. The molecule has 1 aromatic carbocycles. The number of urea groups is 1. The van der Waals surface area contributed by atoms with Crippen LogP contribution in [0.15, 0.2) is 24.3 Å². The zero-order valence-corrected chi connectivity index (χ0v) is 20.3. The first-order valence-corrected chi connectivity index (χ1v) is 12.7. The molecule has 4 heterocycles. The van der Waals surface area contributed by atoms with E-state index in [2.05, 4.69) is 17.1 Å². The number of likely N-dealkylation sites (tertiary alicyclic amines) is 1. The van der Waals surface area contributed by atoms with Gasteiger partial charge in [0.2, 0.25) is 0 Å². The fourth-order valence-electron chi connectivity index (χ4n) is 5.92. The Morgan fingerprint density at radius 3 is 2.53 bits per heavy atom. The Labute approximate surface area is 201 Å². The number of fused-ring (bicyclic) bond motifs is 1. The topological polar surface area (TPSA) is 87.7 Å². The summed E-state index contributed by atoms with van der Waals surface area (Å²) in [6.45, 7) is 7.69. The molecule has 2 aromatic rings. The first kappa shape index (κ1) is 23.2. The van der Waals surface area contributed by atoms with Crippen LogP contribution < -0.4 is 5.32 Å². The lowest BCUT2D eigenvalue weighted by molar-refractivity contribution is -0.135. The van der Waals surface area contributed by atoms with E-state index in [9.17, 15) is 9.59 Å². The van der Waals surface area contributed by atoms with Crippen molar-refractivity contribution in [2.24, 2.45) is 5.92 Å². The van der Waals surface area contributed by atoms with Crippen molar-refractivity contribution in [1.82, 2.24) is 25.1 Å². The second-order valence-corrected chi connectivity index (χ2v) is 10.00. The van der Waals surface area contributed by atoms with Gasteiger partial charge in [0.25, 0.3) is 5.91 Å². The minimum Gasteiger partial charge on any atom is -0.376 e.